The maximum absolute atomic E-state index is 12.5. The van der Waals surface area contributed by atoms with Crippen molar-refractivity contribution in [2.45, 2.75) is 58.4 Å². The number of rotatable bonds is 6. The Morgan fingerprint density at radius 1 is 1.39 bits per heavy atom. The Labute approximate surface area is 142 Å². The molecule has 2 rings (SSSR count). The number of likely N-dealkylation sites (tertiary alicyclic amines) is 1. The number of aryl methyl sites for hydroxylation is 3. The number of thiophene rings is 1. The first kappa shape index (κ1) is 17.8. The first-order chi connectivity index (χ1) is 11.0. The largest absolute Gasteiger partial charge is 0.352 e. The number of nitrogens with one attached hydrogen (secondary N) is 1. The van der Waals surface area contributed by atoms with E-state index in [1.165, 1.54) is 15.3 Å². The molecule has 1 aliphatic heterocycles. The molecule has 1 atom stereocenters. The van der Waals surface area contributed by atoms with Crippen LogP contribution in [0, 0.1) is 13.8 Å². The van der Waals surface area contributed by atoms with E-state index in [1.807, 2.05) is 16.2 Å². The van der Waals surface area contributed by atoms with E-state index in [-0.39, 0.29) is 11.9 Å². The lowest BCUT2D eigenvalue weighted by atomic mass is 10.0. The number of nitrogens with two attached hydrogens (primary N) is 1. The highest BCUT2D eigenvalue weighted by atomic mass is 32.1. The number of hydrogen-bond donors (Lipinski definition) is 2. The summed E-state index contributed by atoms with van der Waals surface area (Å²) in [5, 5.41) is 2.64. The minimum absolute atomic E-state index is 0.0916. The van der Waals surface area contributed by atoms with Gasteiger partial charge in [0.1, 0.15) is 0 Å². The minimum atomic E-state index is -0.522. The van der Waals surface area contributed by atoms with Crippen LogP contribution in [-0.4, -0.2) is 36.0 Å². The van der Waals surface area contributed by atoms with Gasteiger partial charge < -0.3 is 16.0 Å². The molecule has 0 spiro atoms. The second kappa shape index (κ2) is 8.34. The van der Waals surface area contributed by atoms with Crippen molar-refractivity contribution in [2.24, 2.45) is 5.73 Å². The Balaban J connectivity index is 1.82. The van der Waals surface area contributed by atoms with Crippen molar-refractivity contribution in [1.82, 2.24) is 10.2 Å². The van der Waals surface area contributed by atoms with Gasteiger partial charge in [-0.05, 0) is 57.6 Å². The summed E-state index contributed by atoms with van der Waals surface area (Å²) in [6, 6.07) is 1.80. The summed E-state index contributed by atoms with van der Waals surface area (Å²) in [5.41, 5.74) is 6.51. The van der Waals surface area contributed by atoms with Crippen molar-refractivity contribution in [3.63, 3.8) is 0 Å². The van der Waals surface area contributed by atoms with E-state index < -0.39 is 6.03 Å². The maximum atomic E-state index is 12.5. The molecular formula is C17H27N3O2S. The predicted molar refractivity (Wildman–Crippen MR) is 93.7 cm³/mol. The van der Waals surface area contributed by atoms with Crippen LogP contribution in [0.2, 0.25) is 0 Å². The smallest absolute Gasteiger partial charge is 0.312 e. The van der Waals surface area contributed by atoms with Crippen LogP contribution in [0.25, 0.3) is 0 Å². The Kier molecular flexibility index (Phi) is 6.45. The van der Waals surface area contributed by atoms with Crippen LogP contribution in [0.3, 0.4) is 0 Å². The second-order valence-electron chi connectivity index (χ2n) is 6.27. The Morgan fingerprint density at radius 3 is 2.83 bits per heavy atom. The molecule has 3 N–H and O–H groups in total. The number of nitrogens with zero attached hydrogens (tertiary/aromatic N) is 1. The summed E-state index contributed by atoms with van der Waals surface area (Å²) in [5.74, 6) is 0.200. The number of primary amides is 1. The van der Waals surface area contributed by atoms with Crippen LogP contribution in [-0.2, 0) is 11.2 Å². The molecule has 5 nitrogen and oxygen atoms in total. The van der Waals surface area contributed by atoms with E-state index in [0.29, 0.717) is 13.0 Å². The van der Waals surface area contributed by atoms with Crippen molar-refractivity contribution in [2.75, 3.05) is 13.1 Å². The molecule has 6 heteroatoms. The number of carbonyl (C=O) groups excluding carboxylic acids is 2. The molecule has 1 aliphatic rings. The monoisotopic (exact) mass is 337 g/mol. The standard InChI is InChI=1S/C17H27N3O2S/c1-12-10-14(13(2)23-12)6-5-8-16(21)20-9-4-3-7-15(20)11-19-17(18)22/h10,15H,3-9,11H2,1-2H3,(H3,18,19,22). The Bertz CT molecular complexity index is 556. The summed E-state index contributed by atoms with van der Waals surface area (Å²) >= 11 is 1.82. The molecule has 1 unspecified atom stereocenters. The van der Waals surface area contributed by atoms with E-state index in [1.54, 1.807) is 0 Å². The van der Waals surface area contributed by atoms with Crippen LogP contribution in [0.1, 0.15) is 47.4 Å². The minimum Gasteiger partial charge on any atom is -0.352 e. The van der Waals surface area contributed by atoms with Crippen molar-refractivity contribution in [3.05, 3.63) is 21.4 Å². The molecule has 128 valence electrons. The molecule has 0 aromatic carbocycles. The summed E-state index contributed by atoms with van der Waals surface area (Å²) in [4.78, 5) is 28.0. The van der Waals surface area contributed by atoms with Gasteiger partial charge in [-0.3, -0.25) is 4.79 Å². The molecule has 1 aromatic rings. The molecule has 23 heavy (non-hydrogen) atoms. The zero-order valence-corrected chi connectivity index (χ0v) is 14.9. The lowest BCUT2D eigenvalue weighted by molar-refractivity contribution is -0.134. The third-order valence-corrected chi connectivity index (χ3v) is 5.45. The van der Waals surface area contributed by atoms with E-state index >= 15 is 0 Å². The molecule has 0 saturated carbocycles. The van der Waals surface area contributed by atoms with Crippen molar-refractivity contribution >= 4 is 23.3 Å². The van der Waals surface area contributed by atoms with Gasteiger partial charge >= 0.3 is 6.03 Å². The van der Waals surface area contributed by atoms with Gasteiger partial charge in [-0.25, -0.2) is 4.79 Å². The van der Waals surface area contributed by atoms with Crippen LogP contribution >= 0.6 is 11.3 Å². The van der Waals surface area contributed by atoms with Gasteiger partial charge in [0, 0.05) is 35.3 Å². The molecule has 1 saturated heterocycles. The number of piperidine rings is 1. The fourth-order valence-electron chi connectivity index (χ4n) is 3.26. The first-order valence-electron chi connectivity index (χ1n) is 8.36. The second-order valence-corrected chi connectivity index (χ2v) is 7.73. The van der Waals surface area contributed by atoms with Crippen LogP contribution < -0.4 is 11.1 Å². The van der Waals surface area contributed by atoms with Gasteiger partial charge in [-0.1, -0.05) is 0 Å². The highest BCUT2D eigenvalue weighted by Crippen LogP contribution is 2.23. The predicted octanol–water partition coefficient (Wildman–Crippen LogP) is 2.74. The average molecular weight is 337 g/mol. The van der Waals surface area contributed by atoms with E-state index in [9.17, 15) is 9.59 Å². The third kappa shape index (κ3) is 5.23. The van der Waals surface area contributed by atoms with Gasteiger partial charge in [0.25, 0.3) is 0 Å². The van der Waals surface area contributed by atoms with Crippen molar-refractivity contribution < 1.29 is 9.59 Å². The summed E-state index contributed by atoms with van der Waals surface area (Å²) in [7, 11) is 0. The zero-order valence-electron chi connectivity index (χ0n) is 14.1. The topological polar surface area (TPSA) is 75.4 Å². The van der Waals surface area contributed by atoms with Crippen molar-refractivity contribution in [3.8, 4) is 0 Å². The highest BCUT2D eigenvalue weighted by molar-refractivity contribution is 7.12. The third-order valence-electron chi connectivity index (χ3n) is 4.44. The summed E-state index contributed by atoms with van der Waals surface area (Å²) in [6.07, 6.45) is 5.49. The number of carbonyl (C=O) groups is 2. The average Bonchev–Trinajstić information content (AvgIpc) is 2.83. The molecule has 0 aliphatic carbocycles. The van der Waals surface area contributed by atoms with Crippen LogP contribution in [0.15, 0.2) is 6.07 Å². The Morgan fingerprint density at radius 2 is 2.17 bits per heavy atom. The molecule has 3 amide bonds. The van der Waals surface area contributed by atoms with E-state index in [2.05, 4.69) is 25.2 Å². The van der Waals surface area contributed by atoms with E-state index in [4.69, 9.17) is 5.73 Å². The zero-order chi connectivity index (χ0) is 16.8. The SMILES string of the molecule is Cc1cc(CCCC(=O)N2CCCCC2CNC(N)=O)c(C)s1. The molecule has 1 fully saturated rings. The number of amides is 3. The first-order valence-corrected chi connectivity index (χ1v) is 9.17. The summed E-state index contributed by atoms with van der Waals surface area (Å²) in [6.45, 7) is 5.52. The molecule has 0 bridgehead atoms. The maximum Gasteiger partial charge on any atom is 0.312 e. The highest BCUT2D eigenvalue weighted by Gasteiger charge is 2.26. The van der Waals surface area contributed by atoms with Gasteiger partial charge in [-0.2, -0.15) is 0 Å². The fourth-order valence-corrected chi connectivity index (χ4v) is 4.24. The van der Waals surface area contributed by atoms with Gasteiger partial charge in [0.15, 0.2) is 0 Å². The molecule has 0 radical (unpaired) electrons. The Hall–Kier alpha value is -1.56. The summed E-state index contributed by atoms with van der Waals surface area (Å²) < 4.78 is 0. The van der Waals surface area contributed by atoms with Crippen molar-refractivity contribution in [1.29, 1.82) is 0 Å². The quantitative estimate of drug-likeness (QED) is 0.837. The van der Waals surface area contributed by atoms with E-state index in [0.717, 1.165) is 38.6 Å². The van der Waals surface area contributed by atoms with Gasteiger partial charge in [0.05, 0.1) is 0 Å². The van der Waals surface area contributed by atoms with Gasteiger partial charge in [0.2, 0.25) is 5.91 Å². The molecule has 1 aromatic heterocycles. The van der Waals surface area contributed by atoms with Crippen LogP contribution in [0.5, 0.6) is 0 Å². The lowest BCUT2D eigenvalue weighted by Crippen LogP contribution is -2.50. The lowest BCUT2D eigenvalue weighted by Gasteiger charge is -2.36. The number of urea groups is 1. The van der Waals surface area contributed by atoms with Crippen LogP contribution in [0.4, 0.5) is 4.79 Å². The molecule has 2 heterocycles. The molecular weight excluding hydrogens is 310 g/mol. The normalized spacial score (nSPS) is 18.0. The fraction of sp³-hybridized carbons (Fsp3) is 0.647. The van der Waals surface area contributed by atoms with Gasteiger partial charge in [-0.15, -0.1) is 11.3 Å². The number of hydrogen-bond acceptors (Lipinski definition) is 3.